The van der Waals surface area contributed by atoms with Crippen LogP contribution in [0.3, 0.4) is 0 Å². The first-order valence-corrected chi connectivity index (χ1v) is 8.95. The van der Waals surface area contributed by atoms with Crippen LogP contribution in [0.1, 0.15) is 0 Å². The topological polar surface area (TPSA) is 32.8 Å². The van der Waals surface area contributed by atoms with Gasteiger partial charge in [0.15, 0.2) is 6.61 Å². The van der Waals surface area contributed by atoms with Gasteiger partial charge in [0.25, 0.3) is 5.91 Å². The van der Waals surface area contributed by atoms with Gasteiger partial charge in [-0.2, -0.15) is 0 Å². The molecule has 1 heterocycles. The largest absolute Gasteiger partial charge is 0.484 e. The van der Waals surface area contributed by atoms with Crippen LogP contribution < -0.4 is 9.64 Å². The van der Waals surface area contributed by atoms with Gasteiger partial charge in [0, 0.05) is 41.4 Å². The molecule has 6 heteroatoms. The second kappa shape index (κ2) is 7.90. The molecule has 1 aliphatic heterocycles. The van der Waals surface area contributed by atoms with Crippen molar-refractivity contribution < 1.29 is 9.53 Å². The van der Waals surface area contributed by atoms with Crippen LogP contribution in [-0.2, 0) is 4.79 Å². The average molecular weight is 410 g/mol. The van der Waals surface area contributed by atoms with Gasteiger partial charge in [0.2, 0.25) is 0 Å². The zero-order valence-electron chi connectivity index (χ0n) is 13.1. The summed E-state index contributed by atoms with van der Waals surface area (Å²) in [5.74, 6) is 0.722. The van der Waals surface area contributed by atoms with E-state index >= 15 is 0 Å². The highest BCUT2D eigenvalue weighted by Crippen LogP contribution is 2.20. The molecule has 3 rings (SSSR count). The summed E-state index contributed by atoms with van der Waals surface area (Å²) in [6.45, 7) is 3.09. The number of carbonyl (C=O) groups excluding carboxylic acids is 1. The molecule has 0 N–H and O–H groups in total. The molecule has 0 spiro atoms. The van der Waals surface area contributed by atoms with E-state index in [4.69, 9.17) is 16.3 Å². The summed E-state index contributed by atoms with van der Waals surface area (Å²) in [6, 6.07) is 15.3. The van der Waals surface area contributed by atoms with Crippen molar-refractivity contribution in [3.8, 4) is 5.75 Å². The van der Waals surface area contributed by atoms with E-state index < -0.39 is 0 Å². The van der Waals surface area contributed by atoms with Crippen molar-refractivity contribution in [2.45, 2.75) is 0 Å². The fraction of sp³-hybridized carbons (Fsp3) is 0.278. The summed E-state index contributed by atoms with van der Waals surface area (Å²) in [5, 5.41) is 0.734. The number of nitrogens with zero attached hydrogens (tertiary/aromatic N) is 2. The Morgan fingerprint density at radius 1 is 1.00 bits per heavy atom. The first-order valence-electron chi connectivity index (χ1n) is 7.78. The van der Waals surface area contributed by atoms with Crippen molar-refractivity contribution >= 4 is 39.1 Å². The number of benzene rings is 2. The van der Waals surface area contributed by atoms with Crippen LogP contribution >= 0.6 is 27.5 Å². The van der Waals surface area contributed by atoms with E-state index in [1.807, 2.05) is 53.4 Å². The van der Waals surface area contributed by atoms with E-state index in [1.165, 1.54) is 0 Å². The van der Waals surface area contributed by atoms with Gasteiger partial charge >= 0.3 is 0 Å². The molecule has 24 heavy (non-hydrogen) atoms. The van der Waals surface area contributed by atoms with Crippen molar-refractivity contribution in [2.75, 3.05) is 37.7 Å². The van der Waals surface area contributed by atoms with Crippen molar-refractivity contribution in [3.63, 3.8) is 0 Å². The van der Waals surface area contributed by atoms with Crippen molar-refractivity contribution in [2.24, 2.45) is 0 Å². The molecule has 126 valence electrons. The molecule has 0 radical (unpaired) electrons. The lowest BCUT2D eigenvalue weighted by atomic mass is 10.2. The Balaban J connectivity index is 1.48. The molecule has 0 aromatic heterocycles. The molecule has 4 nitrogen and oxygen atoms in total. The van der Waals surface area contributed by atoms with E-state index in [-0.39, 0.29) is 12.5 Å². The number of anilines is 1. The minimum atomic E-state index is 0.0219. The molecule has 1 aliphatic rings. The number of amides is 1. The predicted octanol–water partition coefficient (Wildman–Crippen LogP) is 3.83. The van der Waals surface area contributed by atoms with Gasteiger partial charge in [-0.05, 0) is 48.5 Å². The third kappa shape index (κ3) is 4.42. The van der Waals surface area contributed by atoms with Crippen LogP contribution in [0.2, 0.25) is 5.02 Å². The minimum Gasteiger partial charge on any atom is -0.484 e. The molecule has 0 bridgehead atoms. The second-order valence-corrected chi connectivity index (χ2v) is 6.94. The van der Waals surface area contributed by atoms with Crippen LogP contribution in [0.15, 0.2) is 53.0 Å². The number of rotatable bonds is 4. The lowest BCUT2D eigenvalue weighted by molar-refractivity contribution is -0.133. The Bertz CT molecular complexity index is 683. The van der Waals surface area contributed by atoms with Crippen LogP contribution in [0.25, 0.3) is 0 Å². The molecule has 2 aromatic rings. The van der Waals surface area contributed by atoms with Gasteiger partial charge in [-0.25, -0.2) is 0 Å². The Labute approximate surface area is 155 Å². The number of ether oxygens (including phenoxy) is 1. The van der Waals surface area contributed by atoms with Gasteiger partial charge in [0.1, 0.15) is 5.75 Å². The van der Waals surface area contributed by atoms with Gasteiger partial charge < -0.3 is 14.5 Å². The Morgan fingerprint density at radius 3 is 2.25 bits per heavy atom. The fourth-order valence-electron chi connectivity index (χ4n) is 2.63. The number of hydrogen-bond acceptors (Lipinski definition) is 3. The van der Waals surface area contributed by atoms with E-state index in [1.54, 1.807) is 0 Å². The van der Waals surface area contributed by atoms with Gasteiger partial charge in [-0.1, -0.05) is 27.5 Å². The highest BCUT2D eigenvalue weighted by molar-refractivity contribution is 9.10. The standard InChI is InChI=1S/C18H18BrClN2O2/c19-14-1-7-17(8-2-14)24-13-18(23)22-11-9-21(10-12-22)16-5-3-15(20)4-6-16/h1-8H,9-13H2. The molecule has 1 fully saturated rings. The number of carbonyl (C=O) groups is 1. The van der Waals surface area contributed by atoms with Crippen LogP contribution in [-0.4, -0.2) is 43.6 Å². The maximum absolute atomic E-state index is 12.3. The Morgan fingerprint density at radius 2 is 1.62 bits per heavy atom. The lowest BCUT2D eigenvalue weighted by Gasteiger charge is -2.36. The monoisotopic (exact) mass is 408 g/mol. The summed E-state index contributed by atoms with van der Waals surface area (Å²) >= 11 is 9.30. The van der Waals surface area contributed by atoms with Crippen molar-refractivity contribution in [3.05, 3.63) is 58.0 Å². The molecule has 1 amide bonds. The molecule has 0 atom stereocenters. The second-order valence-electron chi connectivity index (χ2n) is 5.59. The molecular formula is C18H18BrClN2O2. The van der Waals surface area contributed by atoms with E-state index in [0.717, 1.165) is 28.3 Å². The van der Waals surface area contributed by atoms with Crippen molar-refractivity contribution in [1.82, 2.24) is 4.90 Å². The van der Waals surface area contributed by atoms with Gasteiger partial charge in [-0.3, -0.25) is 4.79 Å². The SMILES string of the molecule is O=C(COc1ccc(Br)cc1)N1CCN(c2ccc(Cl)cc2)CC1. The van der Waals surface area contributed by atoms with Gasteiger partial charge in [-0.15, -0.1) is 0 Å². The molecule has 2 aromatic carbocycles. The van der Waals surface area contributed by atoms with Crippen LogP contribution in [0.4, 0.5) is 5.69 Å². The van der Waals surface area contributed by atoms with Crippen molar-refractivity contribution in [1.29, 1.82) is 0 Å². The normalized spacial score (nSPS) is 14.6. The predicted molar refractivity (Wildman–Crippen MR) is 99.9 cm³/mol. The van der Waals surface area contributed by atoms with Crippen LogP contribution in [0, 0.1) is 0 Å². The summed E-state index contributed by atoms with van der Waals surface area (Å²) in [7, 11) is 0. The van der Waals surface area contributed by atoms with Crippen LogP contribution in [0.5, 0.6) is 5.75 Å². The number of hydrogen-bond donors (Lipinski definition) is 0. The fourth-order valence-corrected chi connectivity index (χ4v) is 3.02. The molecule has 0 unspecified atom stereocenters. The minimum absolute atomic E-state index is 0.0219. The molecule has 0 aliphatic carbocycles. The molecule has 0 saturated carbocycles. The highest BCUT2D eigenvalue weighted by atomic mass is 79.9. The summed E-state index contributed by atoms with van der Waals surface area (Å²) in [6.07, 6.45) is 0. The Kier molecular flexibility index (Phi) is 5.63. The van der Waals surface area contributed by atoms with Gasteiger partial charge in [0.05, 0.1) is 0 Å². The average Bonchev–Trinajstić information content (AvgIpc) is 2.62. The summed E-state index contributed by atoms with van der Waals surface area (Å²) < 4.78 is 6.55. The van der Waals surface area contributed by atoms with E-state index in [2.05, 4.69) is 20.8 Å². The lowest BCUT2D eigenvalue weighted by Crippen LogP contribution is -2.50. The highest BCUT2D eigenvalue weighted by Gasteiger charge is 2.21. The zero-order chi connectivity index (χ0) is 16.9. The van der Waals surface area contributed by atoms with E-state index in [9.17, 15) is 4.79 Å². The number of piperazine rings is 1. The maximum Gasteiger partial charge on any atom is 0.260 e. The third-order valence-corrected chi connectivity index (χ3v) is 4.78. The molecular weight excluding hydrogens is 392 g/mol. The third-order valence-electron chi connectivity index (χ3n) is 4.00. The molecule has 1 saturated heterocycles. The zero-order valence-corrected chi connectivity index (χ0v) is 15.5. The van der Waals surface area contributed by atoms with E-state index in [0.29, 0.717) is 18.8 Å². The first kappa shape index (κ1) is 17.1. The quantitative estimate of drug-likeness (QED) is 0.769. The Hall–Kier alpha value is -1.72. The smallest absolute Gasteiger partial charge is 0.260 e. The summed E-state index contributed by atoms with van der Waals surface area (Å²) in [5.41, 5.74) is 1.14. The maximum atomic E-state index is 12.3. The summed E-state index contributed by atoms with van der Waals surface area (Å²) in [4.78, 5) is 16.4. The number of halogens is 2. The first-order chi connectivity index (χ1) is 11.6.